The van der Waals surface area contributed by atoms with Crippen molar-refractivity contribution in [3.05, 3.63) is 34.1 Å². The lowest BCUT2D eigenvalue weighted by Crippen LogP contribution is -2.53. The van der Waals surface area contributed by atoms with Crippen molar-refractivity contribution in [1.82, 2.24) is 4.90 Å². The third-order valence-electron chi connectivity index (χ3n) is 3.02. The molecule has 0 spiro atoms. The Morgan fingerprint density at radius 3 is 2.79 bits per heavy atom. The van der Waals surface area contributed by atoms with Crippen LogP contribution in [0.1, 0.15) is 31.1 Å². The summed E-state index contributed by atoms with van der Waals surface area (Å²) in [4.78, 5) is 14.2. The number of hydrogen-bond donors (Lipinski definition) is 0. The maximum absolute atomic E-state index is 13.1. The molecule has 1 unspecified atom stereocenters. The molecule has 2 rings (SSSR count). The van der Waals surface area contributed by atoms with Crippen molar-refractivity contribution < 1.29 is 13.9 Å². The normalized spacial score (nSPS) is 22.4. The van der Waals surface area contributed by atoms with Crippen LogP contribution in [0.4, 0.5) is 4.39 Å². The minimum absolute atomic E-state index is 0.00748. The van der Waals surface area contributed by atoms with Crippen LogP contribution in [0.3, 0.4) is 0 Å². The molecule has 0 bridgehead atoms. The third kappa shape index (κ3) is 3.34. The molecule has 1 saturated heterocycles. The van der Waals surface area contributed by atoms with E-state index in [1.807, 2.05) is 20.8 Å². The van der Waals surface area contributed by atoms with E-state index < -0.39 is 0 Å². The van der Waals surface area contributed by atoms with Crippen LogP contribution < -0.4 is 0 Å². The molecule has 0 aliphatic carbocycles. The first-order chi connectivity index (χ1) is 8.78. The van der Waals surface area contributed by atoms with Crippen LogP contribution in [0.5, 0.6) is 0 Å². The molecule has 104 valence electrons. The number of amides is 1. The second-order valence-corrected chi connectivity index (χ2v) is 6.35. The first kappa shape index (κ1) is 14.5. The Morgan fingerprint density at radius 1 is 1.53 bits per heavy atom. The molecule has 1 heterocycles. The Morgan fingerprint density at radius 2 is 2.21 bits per heavy atom. The summed E-state index contributed by atoms with van der Waals surface area (Å²) < 4.78 is 19.3. The summed E-state index contributed by atoms with van der Waals surface area (Å²) in [5, 5.41) is 0. The molecule has 1 atom stereocenters. The first-order valence-electron chi connectivity index (χ1n) is 6.21. The Kier molecular flexibility index (Phi) is 3.97. The van der Waals surface area contributed by atoms with Gasteiger partial charge in [0.25, 0.3) is 5.91 Å². The zero-order chi connectivity index (χ0) is 14.2. The topological polar surface area (TPSA) is 29.5 Å². The SMILES string of the molecule is CC1CN(C(=O)c2ccc(F)cc2Br)CC(C)(C)O1. The van der Waals surface area contributed by atoms with E-state index in [4.69, 9.17) is 4.74 Å². The zero-order valence-corrected chi connectivity index (χ0v) is 12.8. The van der Waals surface area contributed by atoms with Crippen molar-refractivity contribution in [2.45, 2.75) is 32.5 Å². The molecular formula is C14H17BrFNO2. The van der Waals surface area contributed by atoms with Crippen molar-refractivity contribution >= 4 is 21.8 Å². The molecule has 0 radical (unpaired) electrons. The standard InChI is InChI=1S/C14H17BrFNO2/c1-9-7-17(8-14(2,3)19-9)13(18)11-5-4-10(16)6-12(11)15/h4-6,9H,7-8H2,1-3H3. The fourth-order valence-electron chi connectivity index (χ4n) is 2.44. The fourth-order valence-corrected chi connectivity index (χ4v) is 2.96. The van der Waals surface area contributed by atoms with Gasteiger partial charge in [0.1, 0.15) is 5.82 Å². The lowest BCUT2D eigenvalue weighted by Gasteiger charge is -2.41. The zero-order valence-electron chi connectivity index (χ0n) is 11.2. The largest absolute Gasteiger partial charge is 0.369 e. The van der Waals surface area contributed by atoms with Gasteiger partial charge in [0, 0.05) is 17.6 Å². The molecule has 3 nitrogen and oxygen atoms in total. The summed E-state index contributed by atoms with van der Waals surface area (Å²) in [6.45, 7) is 6.94. The van der Waals surface area contributed by atoms with E-state index in [9.17, 15) is 9.18 Å². The van der Waals surface area contributed by atoms with E-state index in [1.165, 1.54) is 18.2 Å². The van der Waals surface area contributed by atoms with Gasteiger partial charge in [-0.05, 0) is 54.9 Å². The highest BCUT2D eigenvalue weighted by Crippen LogP contribution is 2.25. The molecule has 1 aliphatic heterocycles. The highest BCUT2D eigenvalue weighted by Gasteiger charge is 2.34. The molecule has 19 heavy (non-hydrogen) atoms. The van der Waals surface area contributed by atoms with Gasteiger partial charge in [-0.2, -0.15) is 0 Å². The average Bonchev–Trinajstić information content (AvgIpc) is 2.25. The van der Waals surface area contributed by atoms with Crippen molar-refractivity contribution in [3.8, 4) is 0 Å². The molecule has 5 heteroatoms. The number of carbonyl (C=O) groups is 1. The summed E-state index contributed by atoms with van der Waals surface area (Å²) in [5.74, 6) is -0.464. The lowest BCUT2D eigenvalue weighted by atomic mass is 10.0. The van der Waals surface area contributed by atoms with Gasteiger partial charge in [-0.3, -0.25) is 4.79 Å². The van der Waals surface area contributed by atoms with Crippen LogP contribution in [0.25, 0.3) is 0 Å². The molecule has 0 N–H and O–H groups in total. The Labute approximate surface area is 120 Å². The van der Waals surface area contributed by atoms with Crippen LogP contribution in [-0.4, -0.2) is 35.6 Å². The van der Waals surface area contributed by atoms with Crippen LogP contribution in [-0.2, 0) is 4.74 Å². The van der Waals surface area contributed by atoms with E-state index in [1.54, 1.807) is 4.90 Å². The van der Waals surface area contributed by atoms with Crippen molar-refractivity contribution in [2.75, 3.05) is 13.1 Å². The maximum Gasteiger partial charge on any atom is 0.255 e. The smallest absolute Gasteiger partial charge is 0.255 e. The number of benzene rings is 1. The predicted octanol–water partition coefficient (Wildman–Crippen LogP) is 3.23. The van der Waals surface area contributed by atoms with Crippen molar-refractivity contribution in [1.29, 1.82) is 0 Å². The number of carbonyl (C=O) groups excluding carboxylic acids is 1. The van der Waals surface area contributed by atoms with Gasteiger partial charge in [0.15, 0.2) is 0 Å². The van der Waals surface area contributed by atoms with E-state index in [-0.39, 0.29) is 23.4 Å². The highest BCUT2D eigenvalue weighted by atomic mass is 79.9. The second kappa shape index (κ2) is 5.21. The number of nitrogens with zero attached hydrogens (tertiary/aromatic N) is 1. The van der Waals surface area contributed by atoms with Gasteiger partial charge in [-0.25, -0.2) is 4.39 Å². The summed E-state index contributed by atoms with van der Waals surface area (Å²) in [5.41, 5.74) is 0.117. The molecule has 1 amide bonds. The number of rotatable bonds is 1. The predicted molar refractivity (Wildman–Crippen MR) is 74.6 cm³/mol. The molecule has 1 aromatic rings. The maximum atomic E-state index is 13.1. The Balaban J connectivity index is 2.24. The lowest BCUT2D eigenvalue weighted by molar-refractivity contribution is -0.118. The van der Waals surface area contributed by atoms with Crippen LogP contribution in [0.2, 0.25) is 0 Å². The molecule has 1 aliphatic rings. The van der Waals surface area contributed by atoms with E-state index >= 15 is 0 Å². The molecule has 0 saturated carbocycles. The number of morpholine rings is 1. The monoisotopic (exact) mass is 329 g/mol. The van der Waals surface area contributed by atoms with E-state index in [0.717, 1.165) is 0 Å². The van der Waals surface area contributed by atoms with Gasteiger partial charge < -0.3 is 9.64 Å². The van der Waals surface area contributed by atoms with Crippen LogP contribution >= 0.6 is 15.9 Å². The van der Waals surface area contributed by atoms with Crippen molar-refractivity contribution in [2.24, 2.45) is 0 Å². The number of halogens is 2. The van der Waals surface area contributed by atoms with Gasteiger partial charge in [-0.1, -0.05) is 0 Å². The third-order valence-corrected chi connectivity index (χ3v) is 3.67. The molecule has 1 aromatic carbocycles. The van der Waals surface area contributed by atoms with Crippen LogP contribution in [0, 0.1) is 5.82 Å². The van der Waals surface area contributed by atoms with E-state index in [0.29, 0.717) is 23.1 Å². The van der Waals surface area contributed by atoms with Gasteiger partial charge in [0.05, 0.1) is 17.3 Å². The van der Waals surface area contributed by atoms with Crippen LogP contribution in [0.15, 0.2) is 22.7 Å². The quantitative estimate of drug-likeness (QED) is 0.791. The minimum Gasteiger partial charge on any atom is -0.369 e. The molecule has 1 fully saturated rings. The number of hydrogen-bond acceptors (Lipinski definition) is 2. The summed E-state index contributed by atoms with van der Waals surface area (Å²) in [6, 6.07) is 4.12. The highest BCUT2D eigenvalue weighted by molar-refractivity contribution is 9.10. The number of ether oxygens (including phenoxy) is 1. The first-order valence-corrected chi connectivity index (χ1v) is 7.00. The van der Waals surface area contributed by atoms with Gasteiger partial charge in [-0.15, -0.1) is 0 Å². The van der Waals surface area contributed by atoms with E-state index in [2.05, 4.69) is 15.9 Å². The Bertz CT molecular complexity index is 504. The fraction of sp³-hybridized carbons (Fsp3) is 0.500. The minimum atomic E-state index is -0.362. The molecular weight excluding hydrogens is 313 g/mol. The van der Waals surface area contributed by atoms with Gasteiger partial charge >= 0.3 is 0 Å². The average molecular weight is 330 g/mol. The van der Waals surface area contributed by atoms with Gasteiger partial charge in [0.2, 0.25) is 0 Å². The summed E-state index contributed by atoms with van der Waals surface area (Å²) in [6.07, 6.45) is -0.00748. The summed E-state index contributed by atoms with van der Waals surface area (Å²) >= 11 is 3.24. The second-order valence-electron chi connectivity index (χ2n) is 5.50. The summed E-state index contributed by atoms with van der Waals surface area (Å²) in [7, 11) is 0. The molecule has 0 aromatic heterocycles. The Hall–Kier alpha value is -0.940. The van der Waals surface area contributed by atoms with Crippen molar-refractivity contribution in [3.63, 3.8) is 0 Å².